The highest BCUT2D eigenvalue weighted by atomic mass is 32.2. The summed E-state index contributed by atoms with van der Waals surface area (Å²) in [5.74, 6) is 0. The zero-order valence-corrected chi connectivity index (χ0v) is 19.8. The maximum atomic E-state index is 12.4. The third-order valence-electron chi connectivity index (χ3n) is 4.54. The van der Waals surface area contributed by atoms with E-state index in [9.17, 15) is 26.4 Å². The lowest BCUT2D eigenvalue weighted by Crippen LogP contribution is -2.36. The van der Waals surface area contributed by atoms with Crippen LogP contribution in [0.4, 0.5) is 21.0 Å². The first-order valence-corrected chi connectivity index (χ1v) is 12.8. The van der Waals surface area contributed by atoms with Crippen molar-refractivity contribution >= 4 is 43.5 Å². The molecule has 0 aliphatic heterocycles. The van der Waals surface area contributed by atoms with Crippen LogP contribution in [0.5, 0.6) is 0 Å². The zero-order valence-electron chi connectivity index (χ0n) is 18.2. The summed E-state index contributed by atoms with van der Waals surface area (Å²) in [4.78, 5) is 24.5. The Kier molecular flexibility index (Phi) is 7.23. The van der Waals surface area contributed by atoms with Gasteiger partial charge in [0.05, 0.1) is 21.2 Å². The number of anilines is 2. The molecular formula is C22H22N4O6S2. The second-order valence-corrected chi connectivity index (χ2v) is 10.7. The number of sulfonamides is 2. The molecule has 0 heterocycles. The Bertz CT molecular complexity index is 1310. The zero-order chi connectivity index (χ0) is 24.9. The molecule has 4 N–H and O–H groups in total. The van der Waals surface area contributed by atoms with E-state index in [1.807, 2.05) is 9.44 Å². The molecular weight excluding hydrogens is 480 g/mol. The first kappa shape index (κ1) is 24.7. The van der Waals surface area contributed by atoms with E-state index >= 15 is 0 Å². The number of rotatable bonds is 6. The SMILES string of the molecule is Cc1ccc(S(=O)(=O)NC(=O)Nc2ccccc2NC(=O)NS(=O)(=O)c2ccc(C)cc2)cc1. The van der Waals surface area contributed by atoms with Crippen molar-refractivity contribution in [2.45, 2.75) is 23.6 Å². The first-order chi connectivity index (χ1) is 16.0. The van der Waals surface area contributed by atoms with E-state index in [0.29, 0.717) is 0 Å². The molecule has 34 heavy (non-hydrogen) atoms. The smallest absolute Gasteiger partial charge is 0.305 e. The highest BCUT2D eigenvalue weighted by molar-refractivity contribution is 7.90. The Labute approximate surface area is 197 Å². The average Bonchev–Trinajstić information content (AvgIpc) is 2.75. The molecule has 0 aliphatic carbocycles. The third-order valence-corrected chi connectivity index (χ3v) is 7.23. The van der Waals surface area contributed by atoms with Gasteiger partial charge in [-0.1, -0.05) is 47.5 Å². The maximum Gasteiger partial charge on any atom is 0.333 e. The van der Waals surface area contributed by atoms with Gasteiger partial charge in [-0.25, -0.2) is 35.9 Å². The molecule has 3 rings (SSSR count). The molecule has 0 fully saturated rings. The molecule has 3 aromatic carbocycles. The topological polar surface area (TPSA) is 151 Å². The van der Waals surface area contributed by atoms with Gasteiger partial charge in [-0.05, 0) is 50.2 Å². The largest absolute Gasteiger partial charge is 0.333 e. The van der Waals surface area contributed by atoms with Gasteiger partial charge in [0.1, 0.15) is 0 Å². The van der Waals surface area contributed by atoms with Crippen LogP contribution < -0.4 is 20.1 Å². The second-order valence-electron chi connectivity index (χ2n) is 7.29. The Morgan fingerprint density at radius 1 is 0.559 bits per heavy atom. The number of aryl methyl sites for hydroxylation is 2. The number of para-hydroxylation sites is 2. The van der Waals surface area contributed by atoms with Gasteiger partial charge in [0.25, 0.3) is 20.0 Å². The van der Waals surface area contributed by atoms with E-state index < -0.39 is 32.1 Å². The van der Waals surface area contributed by atoms with E-state index in [4.69, 9.17) is 0 Å². The quantitative estimate of drug-likeness (QED) is 0.406. The molecule has 0 spiro atoms. The van der Waals surface area contributed by atoms with Crippen molar-refractivity contribution in [1.29, 1.82) is 0 Å². The summed E-state index contributed by atoms with van der Waals surface area (Å²) < 4.78 is 53.4. The van der Waals surface area contributed by atoms with Crippen molar-refractivity contribution in [3.8, 4) is 0 Å². The molecule has 178 valence electrons. The van der Waals surface area contributed by atoms with Crippen LogP contribution in [0.3, 0.4) is 0 Å². The van der Waals surface area contributed by atoms with E-state index in [2.05, 4.69) is 10.6 Å². The van der Waals surface area contributed by atoms with Crippen molar-refractivity contribution in [3.63, 3.8) is 0 Å². The van der Waals surface area contributed by atoms with E-state index in [0.717, 1.165) is 11.1 Å². The molecule has 12 heteroatoms. The molecule has 10 nitrogen and oxygen atoms in total. The molecule has 0 saturated carbocycles. The van der Waals surface area contributed by atoms with Crippen molar-refractivity contribution in [3.05, 3.63) is 83.9 Å². The highest BCUT2D eigenvalue weighted by Crippen LogP contribution is 2.21. The van der Waals surface area contributed by atoms with Gasteiger partial charge < -0.3 is 10.6 Å². The molecule has 0 aromatic heterocycles. The van der Waals surface area contributed by atoms with Crippen LogP contribution >= 0.6 is 0 Å². The number of carbonyl (C=O) groups is 2. The van der Waals surface area contributed by atoms with Crippen molar-refractivity contribution < 1.29 is 26.4 Å². The van der Waals surface area contributed by atoms with Crippen LogP contribution in [0.25, 0.3) is 0 Å². The predicted octanol–water partition coefficient (Wildman–Crippen LogP) is 3.32. The van der Waals surface area contributed by atoms with Gasteiger partial charge >= 0.3 is 12.1 Å². The molecule has 3 aromatic rings. The van der Waals surface area contributed by atoms with Crippen LogP contribution in [0.1, 0.15) is 11.1 Å². The fraction of sp³-hybridized carbons (Fsp3) is 0.0909. The summed E-state index contributed by atoms with van der Waals surface area (Å²) in [6, 6.07) is 15.6. The van der Waals surface area contributed by atoms with Gasteiger partial charge in [0.15, 0.2) is 0 Å². The second kappa shape index (κ2) is 9.93. The van der Waals surface area contributed by atoms with Crippen LogP contribution in [-0.4, -0.2) is 28.9 Å². The van der Waals surface area contributed by atoms with Crippen LogP contribution in [0, 0.1) is 13.8 Å². The van der Waals surface area contributed by atoms with Crippen LogP contribution in [-0.2, 0) is 20.0 Å². The number of hydrogen-bond acceptors (Lipinski definition) is 6. The number of hydrogen-bond donors (Lipinski definition) is 4. The van der Waals surface area contributed by atoms with Gasteiger partial charge in [-0.15, -0.1) is 0 Å². The molecule has 0 unspecified atom stereocenters. The summed E-state index contributed by atoms with van der Waals surface area (Å²) in [7, 11) is -8.26. The fourth-order valence-corrected chi connectivity index (χ4v) is 4.61. The Balaban J connectivity index is 1.69. The summed E-state index contributed by atoms with van der Waals surface area (Å²) in [6.07, 6.45) is 0. The monoisotopic (exact) mass is 502 g/mol. The Morgan fingerprint density at radius 2 is 0.882 bits per heavy atom. The molecule has 0 radical (unpaired) electrons. The average molecular weight is 503 g/mol. The van der Waals surface area contributed by atoms with E-state index in [1.54, 1.807) is 38.1 Å². The highest BCUT2D eigenvalue weighted by Gasteiger charge is 2.20. The number of benzene rings is 3. The summed E-state index contributed by atoms with van der Waals surface area (Å²) in [5.41, 5.74) is 1.79. The van der Waals surface area contributed by atoms with E-state index in [-0.39, 0.29) is 21.2 Å². The van der Waals surface area contributed by atoms with Crippen molar-refractivity contribution in [2.75, 3.05) is 10.6 Å². The number of urea groups is 2. The normalized spacial score (nSPS) is 11.4. The lowest BCUT2D eigenvalue weighted by molar-refractivity contribution is 0.255. The fourth-order valence-electron chi connectivity index (χ4n) is 2.79. The maximum absolute atomic E-state index is 12.4. The number of amides is 4. The Morgan fingerprint density at radius 3 is 1.21 bits per heavy atom. The third kappa shape index (κ3) is 6.33. The van der Waals surface area contributed by atoms with E-state index in [1.165, 1.54) is 48.5 Å². The molecule has 0 atom stereocenters. The molecule has 0 bridgehead atoms. The van der Waals surface area contributed by atoms with Gasteiger partial charge in [-0.3, -0.25) is 0 Å². The molecule has 4 amide bonds. The first-order valence-electron chi connectivity index (χ1n) is 9.86. The lowest BCUT2D eigenvalue weighted by Gasteiger charge is -2.14. The summed E-state index contributed by atoms with van der Waals surface area (Å²) in [6.45, 7) is 3.59. The van der Waals surface area contributed by atoms with Crippen molar-refractivity contribution in [2.24, 2.45) is 0 Å². The predicted molar refractivity (Wildman–Crippen MR) is 127 cm³/mol. The van der Waals surface area contributed by atoms with Gasteiger partial charge in [0.2, 0.25) is 0 Å². The van der Waals surface area contributed by atoms with Crippen LogP contribution in [0.15, 0.2) is 82.6 Å². The minimum absolute atomic E-state index is 0.0435. The van der Waals surface area contributed by atoms with Crippen molar-refractivity contribution in [1.82, 2.24) is 9.44 Å². The standard InChI is InChI=1S/C22H22N4O6S2/c1-15-7-11-17(12-8-15)33(29,30)25-21(27)23-19-5-3-4-6-20(19)24-22(28)26-34(31,32)18-13-9-16(2)10-14-18/h3-14H,1-2H3,(H2,23,25,27)(H2,24,26,28). The minimum Gasteiger partial charge on any atom is -0.305 e. The number of carbonyl (C=O) groups excluding carboxylic acids is 2. The molecule has 0 aliphatic rings. The van der Waals surface area contributed by atoms with Crippen LogP contribution in [0.2, 0.25) is 0 Å². The lowest BCUT2D eigenvalue weighted by atomic mass is 10.2. The van der Waals surface area contributed by atoms with Gasteiger partial charge in [-0.2, -0.15) is 0 Å². The summed E-state index contributed by atoms with van der Waals surface area (Å²) >= 11 is 0. The Hall–Kier alpha value is -3.90. The van der Waals surface area contributed by atoms with Gasteiger partial charge in [0, 0.05) is 0 Å². The summed E-state index contributed by atoms with van der Waals surface area (Å²) in [5, 5.41) is 4.67. The minimum atomic E-state index is -4.13. The molecule has 0 saturated heterocycles. The number of nitrogens with one attached hydrogen (secondary N) is 4.